The molecule has 0 radical (unpaired) electrons. The largest absolute Gasteiger partial charge is 0.388 e. The van der Waals surface area contributed by atoms with Crippen molar-refractivity contribution >= 4 is 15.9 Å². The second-order valence-corrected chi connectivity index (χ2v) is 5.61. The molecule has 1 heterocycles. The molecule has 0 spiro atoms. The zero-order chi connectivity index (χ0) is 12.3. The maximum Gasteiger partial charge on any atom is 0.0801 e. The van der Waals surface area contributed by atoms with Crippen LogP contribution in [0.1, 0.15) is 42.9 Å². The standard InChI is InChI=1S/C14H19BrO2/c1-10-4-6-12(13(15)9-10)14(16)7-5-11-3-2-8-17-11/h4,6,9,11,14,16H,2-3,5,7-8H2,1H3. The van der Waals surface area contributed by atoms with Gasteiger partial charge in [0.05, 0.1) is 12.2 Å². The molecule has 0 bridgehead atoms. The van der Waals surface area contributed by atoms with E-state index < -0.39 is 6.10 Å². The van der Waals surface area contributed by atoms with Crippen LogP contribution in [0, 0.1) is 6.92 Å². The van der Waals surface area contributed by atoms with E-state index in [-0.39, 0.29) is 0 Å². The number of aliphatic hydroxyl groups excluding tert-OH is 1. The first kappa shape index (κ1) is 13.1. The molecule has 17 heavy (non-hydrogen) atoms. The van der Waals surface area contributed by atoms with Crippen LogP contribution in [0.4, 0.5) is 0 Å². The van der Waals surface area contributed by atoms with E-state index in [0.29, 0.717) is 6.10 Å². The molecule has 1 aromatic carbocycles. The fraction of sp³-hybridized carbons (Fsp3) is 0.571. The summed E-state index contributed by atoms with van der Waals surface area (Å²) in [5.41, 5.74) is 2.18. The molecule has 1 N–H and O–H groups in total. The van der Waals surface area contributed by atoms with Crippen molar-refractivity contribution in [2.75, 3.05) is 6.61 Å². The van der Waals surface area contributed by atoms with Gasteiger partial charge in [-0.25, -0.2) is 0 Å². The zero-order valence-corrected chi connectivity index (χ0v) is 11.7. The van der Waals surface area contributed by atoms with Crippen LogP contribution in [0.25, 0.3) is 0 Å². The molecule has 1 aliphatic rings. The van der Waals surface area contributed by atoms with Crippen LogP contribution in [0.2, 0.25) is 0 Å². The Balaban J connectivity index is 1.91. The zero-order valence-electron chi connectivity index (χ0n) is 10.2. The molecule has 1 saturated heterocycles. The van der Waals surface area contributed by atoms with E-state index in [1.54, 1.807) is 0 Å². The Morgan fingerprint density at radius 2 is 2.35 bits per heavy atom. The maximum absolute atomic E-state index is 10.2. The lowest BCUT2D eigenvalue weighted by Gasteiger charge is -2.15. The molecule has 2 nitrogen and oxygen atoms in total. The smallest absolute Gasteiger partial charge is 0.0801 e. The highest BCUT2D eigenvalue weighted by Crippen LogP contribution is 2.29. The molecule has 2 atom stereocenters. The van der Waals surface area contributed by atoms with E-state index in [9.17, 15) is 5.11 Å². The second-order valence-electron chi connectivity index (χ2n) is 4.75. The van der Waals surface area contributed by atoms with Crippen molar-refractivity contribution in [2.45, 2.75) is 44.8 Å². The normalized spacial score (nSPS) is 21.7. The fourth-order valence-electron chi connectivity index (χ4n) is 2.27. The van der Waals surface area contributed by atoms with Crippen molar-refractivity contribution in [3.8, 4) is 0 Å². The number of aryl methyl sites for hydroxylation is 1. The Morgan fingerprint density at radius 3 is 3.00 bits per heavy atom. The number of hydrogen-bond donors (Lipinski definition) is 1. The van der Waals surface area contributed by atoms with Crippen LogP contribution in [-0.2, 0) is 4.74 Å². The van der Waals surface area contributed by atoms with E-state index >= 15 is 0 Å². The van der Waals surface area contributed by atoms with Gasteiger partial charge in [0.25, 0.3) is 0 Å². The van der Waals surface area contributed by atoms with Crippen molar-refractivity contribution < 1.29 is 9.84 Å². The number of hydrogen-bond acceptors (Lipinski definition) is 2. The first-order valence-electron chi connectivity index (χ1n) is 6.22. The van der Waals surface area contributed by atoms with Gasteiger partial charge >= 0.3 is 0 Å². The van der Waals surface area contributed by atoms with Crippen molar-refractivity contribution in [2.24, 2.45) is 0 Å². The lowest BCUT2D eigenvalue weighted by Crippen LogP contribution is -2.08. The van der Waals surface area contributed by atoms with Crippen LogP contribution in [0.15, 0.2) is 22.7 Å². The highest BCUT2D eigenvalue weighted by Gasteiger charge is 2.18. The van der Waals surface area contributed by atoms with Crippen molar-refractivity contribution in [1.82, 2.24) is 0 Å². The Kier molecular flexibility index (Phi) is 4.60. The fourth-order valence-corrected chi connectivity index (χ4v) is 3.03. The molecule has 1 aliphatic heterocycles. The Hall–Kier alpha value is -0.380. The third kappa shape index (κ3) is 3.54. The summed E-state index contributed by atoms with van der Waals surface area (Å²) in [6.07, 6.45) is 3.98. The van der Waals surface area contributed by atoms with E-state index in [4.69, 9.17) is 4.74 Å². The van der Waals surface area contributed by atoms with Crippen LogP contribution in [-0.4, -0.2) is 17.8 Å². The third-order valence-electron chi connectivity index (χ3n) is 3.30. The van der Waals surface area contributed by atoms with Gasteiger partial charge in [-0.2, -0.15) is 0 Å². The third-order valence-corrected chi connectivity index (χ3v) is 3.99. The Bertz CT molecular complexity index is 372. The van der Waals surface area contributed by atoms with E-state index in [0.717, 1.165) is 42.3 Å². The van der Waals surface area contributed by atoms with E-state index in [2.05, 4.69) is 15.9 Å². The second kappa shape index (κ2) is 5.98. The quantitative estimate of drug-likeness (QED) is 0.917. The predicted molar refractivity (Wildman–Crippen MR) is 72.0 cm³/mol. The molecule has 2 unspecified atom stereocenters. The number of rotatable bonds is 4. The lowest BCUT2D eigenvalue weighted by molar-refractivity contribution is 0.0810. The van der Waals surface area contributed by atoms with Gasteiger partial charge in [0.2, 0.25) is 0 Å². The van der Waals surface area contributed by atoms with Crippen LogP contribution in [0.3, 0.4) is 0 Å². The molecule has 94 valence electrons. The molecule has 2 rings (SSSR count). The molecular formula is C14H19BrO2. The minimum absolute atomic E-state index is 0.355. The summed E-state index contributed by atoms with van der Waals surface area (Å²) in [6, 6.07) is 6.08. The predicted octanol–water partition coefficient (Wildman–Crippen LogP) is 3.75. The van der Waals surface area contributed by atoms with Gasteiger partial charge < -0.3 is 9.84 Å². The molecule has 0 aliphatic carbocycles. The summed E-state index contributed by atoms with van der Waals surface area (Å²) in [7, 11) is 0. The minimum atomic E-state index is -0.394. The number of halogens is 1. The highest BCUT2D eigenvalue weighted by atomic mass is 79.9. The first-order valence-corrected chi connectivity index (χ1v) is 7.02. The topological polar surface area (TPSA) is 29.5 Å². The molecular weight excluding hydrogens is 280 g/mol. The van der Waals surface area contributed by atoms with Gasteiger partial charge in [0, 0.05) is 11.1 Å². The average molecular weight is 299 g/mol. The summed E-state index contributed by atoms with van der Waals surface area (Å²) in [4.78, 5) is 0. The number of benzene rings is 1. The summed E-state index contributed by atoms with van der Waals surface area (Å²) in [5.74, 6) is 0. The summed E-state index contributed by atoms with van der Waals surface area (Å²) < 4.78 is 6.56. The highest BCUT2D eigenvalue weighted by molar-refractivity contribution is 9.10. The Morgan fingerprint density at radius 1 is 1.53 bits per heavy atom. The molecule has 1 fully saturated rings. The van der Waals surface area contributed by atoms with E-state index in [1.807, 2.05) is 25.1 Å². The molecule has 0 aromatic heterocycles. The maximum atomic E-state index is 10.2. The average Bonchev–Trinajstić information content (AvgIpc) is 2.78. The van der Waals surface area contributed by atoms with Crippen LogP contribution < -0.4 is 0 Å². The van der Waals surface area contributed by atoms with E-state index in [1.165, 1.54) is 5.56 Å². The Labute approximate surface area is 111 Å². The van der Waals surface area contributed by atoms with Crippen molar-refractivity contribution in [3.05, 3.63) is 33.8 Å². The van der Waals surface area contributed by atoms with Gasteiger partial charge in [-0.05, 0) is 49.8 Å². The van der Waals surface area contributed by atoms with Crippen LogP contribution >= 0.6 is 15.9 Å². The molecule has 0 saturated carbocycles. The van der Waals surface area contributed by atoms with Crippen molar-refractivity contribution in [1.29, 1.82) is 0 Å². The molecule has 1 aromatic rings. The van der Waals surface area contributed by atoms with Gasteiger partial charge in [-0.3, -0.25) is 0 Å². The van der Waals surface area contributed by atoms with Gasteiger partial charge in [0.15, 0.2) is 0 Å². The van der Waals surface area contributed by atoms with Crippen molar-refractivity contribution in [3.63, 3.8) is 0 Å². The lowest BCUT2D eigenvalue weighted by atomic mass is 10.0. The van der Waals surface area contributed by atoms with Gasteiger partial charge in [-0.1, -0.05) is 28.1 Å². The first-order chi connectivity index (χ1) is 8.16. The molecule has 0 amide bonds. The monoisotopic (exact) mass is 298 g/mol. The summed E-state index contributed by atoms with van der Waals surface area (Å²) >= 11 is 3.51. The molecule has 3 heteroatoms. The summed E-state index contributed by atoms with van der Waals surface area (Å²) in [6.45, 7) is 2.93. The van der Waals surface area contributed by atoms with Gasteiger partial charge in [-0.15, -0.1) is 0 Å². The van der Waals surface area contributed by atoms with Crippen LogP contribution in [0.5, 0.6) is 0 Å². The minimum Gasteiger partial charge on any atom is -0.388 e. The number of ether oxygens (including phenoxy) is 1. The summed E-state index contributed by atoms with van der Waals surface area (Å²) in [5, 5.41) is 10.2. The SMILES string of the molecule is Cc1ccc(C(O)CCC2CCCO2)c(Br)c1. The number of aliphatic hydroxyl groups is 1. The van der Waals surface area contributed by atoms with Gasteiger partial charge in [0.1, 0.15) is 0 Å².